The minimum atomic E-state index is -0.824. The van der Waals surface area contributed by atoms with Gasteiger partial charge in [-0.3, -0.25) is 9.59 Å². The van der Waals surface area contributed by atoms with Crippen molar-refractivity contribution in [1.82, 2.24) is 0 Å². The van der Waals surface area contributed by atoms with E-state index in [-0.39, 0.29) is 11.6 Å². The molecule has 0 bridgehead atoms. The van der Waals surface area contributed by atoms with Crippen molar-refractivity contribution in [3.8, 4) is 0 Å². The number of ketones is 2. The third kappa shape index (κ3) is 3.76. The number of benzene rings is 2. The Labute approximate surface area is 154 Å². The van der Waals surface area contributed by atoms with E-state index in [2.05, 4.69) is 0 Å². The molecule has 0 radical (unpaired) electrons. The van der Waals surface area contributed by atoms with E-state index in [0.717, 1.165) is 0 Å². The van der Waals surface area contributed by atoms with E-state index in [1.54, 1.807) is 12.1 Å². The lowest BCUT2D eigenvalue weighted by Crippen LogP contribution is -2.36. The minimum Gasteiger partial charge on any atom is -0.294 e. The highest BCUT2D eigenvalue weighted by Gasteiger charge is 2.52. The zero-order valence-electron chi connectivity index (χ0n) is 15.4. The summed E-state index contributed by atoms with van der Waals surface area (Å²) in [6, 6.07) is 18.4. The Morgan fingerprint density at radius 3 is 1.69 bits per heavy atom. The monoisotopic (exact) mass is 352 g/mol. The summed E-state index contributed by atoms with van der Waals surface area (Å²) in [4.78, 5) is 36.0. The normalized spacial score (nSPS) is 16.7. The molecular formula is C22H24O4. The van der Waals surface area contributed by atoms with Gasteiger partial charge in [-0.1, -0.05) is 74.5 Å². The highest BCUT2D eigenvalue weighted by molar-refractivity contribution is 6.01. The molecule has 0 spiro atoms. The molecular weight excluding hydrogens is 328 g/mol. The van der Waals surface area contributed by atoms with Crippen LogP contribution in [0.5, 0.6) is 0 Å². The Hall–Kier alpha value is -2.30. The number of carbonyl (C=O) groups excluding carboxylic acids is 2. The largest absolute Gasteiger partial charge is 0.294 e. The molecule has 0 N–H and O–H groups in total. The summed E-state index contributed by atoms with van der Waals surface area (Å²) in [5.41, 5.74) is -0.0989. The predicted molar refractivity (Wildman–Crippen MR) is 98.6 cm³/mol. The summed E-state index contributed by atoms with van der Waals surface area (Å²) in [6.07, 6.45) is 0.494. The summed E-state index contributed by atoms with van der Waals surface area (Å²) in [7, 11) is 0. The van der Waals surface area contributed by atoms with Crippen molar-refractivity contribution in [2.24, 2.45) is 10.8 Å². The summed E-state index contributed by atoms with van der Waals surface area (Å²) in [5, 5.41) is 0. The first kappa shape index (κ1) is 18.5. The van der Waals surface area contributed by atoms with E-state index in [1.165, 1.54) is 0 Å². The standard InChI is InChI=1S/C22H24O4/c1-21(2,18(23)16-10-6-4-7-11-16)14-15-22(3,20-25-26-20)19(24)17-12-8-5-9-13-17/h4-13,20H,14-15H2,1-3H3. The van der Waals surface area contributed by atoms with Crippen LogP contribution in [0.25, 0.3) is 0 Å². The number of hydrogen-bond donors (Lipinski definition) is 0. The molecule has 0 aromatic heterocycles. The molecule has 1 fully saturated rings. The van der Waals surface area contributed by atoms with Crippen LogP contribution in [-0.2, 0) is 9.78 Å². The maximum atomic E-state index is 13.1. The first-order valence-corrected chi connectivity index (χ1v) is 8.86. The molecule has 0 amide bonds. The van der Waals surface area contributed by atoms with Crippen LogP contribution < -0.4 is 0 Å². The van der Waals surface area contributed by atoms with Gasteiger partial charge in [-0.25, -0.2) is 0 Å². The van der Waals surface area contributed by atoms with Crippen molar-refractivity contribution in [3.05, 3.63) is 71.8 Å². The lowest BCUT2D eigenvalue weighted by atomic mass is 9.71. The highest BCUT2D eigenvalue weighted by Crippen LogP contribution is 2.43. The molecule has 26 heavy (non-hydrogen) atoms. The molecule has 2 aromatic rings. The van der Waals surface area contributed by atoms with Gasteiger partial charge < -0.3 is 0 Å². The van der Waals surface area contributed by atoms with Gasteiger partial charge in [0.2, 0.25) is 6.29 Å². The van der Waals surface area contributed by atoms with Gasteiger partial charge in [0.05, 0.1) is 5.41 Å². The summed E-state index contributed by atoms with van der Waals surface area (Å²) in [6.45, 7) is 5.69. The van der Waals surface area contributed by atoms with Crippen LogP contribution in [0.1, 0.15) is 54.3 Å². The maximum absolute atomic E-state index is 13.1. The fraction of sp³-hybridized carbons (Fsp3) is 0.364. The molecule has 1 aliphatic rings. The van der Waals surface area contributed by atoms with E-state index >= 15 is 0 Å². The highest BCUT2D eigenvalue weighted by atomic mass is 17.4. The zero-order chi connectivity index (χ0) is 18.8. The van der Waals surface area contributed by atoms with Gasteiger partial charge in [-0.05, 0) is 19.8 Å². The maximum Gasteiger partial charge on any atom is 0.237 e. The molecule has 1 heterocycles. The van der Waals surface area contributed by atoms with Gasteiger partial charge in [-0.15, -0.1) is 0 Å². The Balaban J connectivity index is 1.76. The molecule has 0 aliphatic carbocycles. The Kier molecular flexibility index (Phi) is 5.08. The summed E-state index contributed by atoms with van der Waals surface area (Å²) in [5.74, 6) is 0.0498. The summed E-state index contributed by atoms with van der Waals surface area (Å²) >= 11 is 0. The topological polar surface area (TPSA) is 59.2 Å². The second-order valence-electron chi connectivity index (χ2n) is 7.72. The van der Waals surface area contributed by atoms with Crippen molar-refractivity contribution in [2.45, 2.75) is 39.9 Å². The van der Waals surface area contributed by atoms with Gasteiger partial charge in [0.15, 0.2) is 11.6 Å². The molecule has 0 saturated carbocycles. The molecule has 1 aliphatic heterocycles. The van der Waals surface area contributed by atoms with Crippen molar-refractivity contribution >= 4 is 11.6 Å². The van der Waals surface area contributed by atoms with Gasteiger partial charge in [0.25, 0.3) is 0 Å². The zero-order valence-corrected chi connectivity index (χ0v) is 15.4. The van der Waals surface area contributed by atoms with E-state index in [9.17, 15) is 9.59 Å². The van der Waals surface area contributed by atoms with Crippen LogP contribution >= 0.6 is 0 Å². The van der Waals surface area contributed by atoms with E-state index in [0.29, 0.717) is 24.0 Å². The molecule has 1 atom stereocenters. The fourth-order valence-electron chi connectivity index (χ4n) is 3.16. The fourth-order valence-corrected chi connectivity index (χ4v) is 3.16. The lowest BCUT2D eigenvalue weighted by molar-refractivity contribution is 0.0672. The molecule has 1 unspecified atom stereocenters. The first-order chi connectivity index (χ1) is 12.3. The number of carbonyl (C=O) groups is 2. The average Bonchev–Trinajstić information content (AvgIpc) is 3.52. The molecule has 1 saturated heterocycles. The molecule has 2 aromatic carbocycles. The van der Waals surface area contributed by atoms with Crippen molar-refractivity contribution in [3.63, 3.8) is 0 Å². The van der Waals surface area contributed by atoms with Crippen LogP contribution in [0, 0.1) is 10.8 Å². The second-order valence-corrected chi connectivity index (χ2v) is 7.72. The van der Waals surface area contributed by atoms with E-state index < -0.39 is 17.1 Å². The number of hydrogen-bond acceptors (Lipinski definition) is 4. The van der Waals surface area contributed by atoms with Gasteiger partial charge in [0, 0.05) is 16.5 Å². The predicted octanol–water partition coefficient (Wildman–Crippen LogP) is 4.85. The molecule has 4 heteroatoms. The minimum absolute atomic E-state index is 0.0245. The van der Waals surface area contributed by atoms with Crippen molar-refractivity contribution in [2.75, 3.05) is 0 Å². The van der Waals surface area contributed by atoms with Crippen LogP contribution in [0.3, 0.4) is 0 Å². The Morgan fingerprint density at radius 1 is 0.769 bits per heavy atom. The molecule has 136 valence electrons. The van der Waals surface area contributed by atoms with Gasteiger partial charge in [0.1, 0.15) is 0 Å². The SMILES string of the molecule is CC(C)(CCC(C)(C(=O)c1ccccc1)C1OO1)C(=O)c1ccccc1. The Bertz CT molecular complexity index is 778. The van der Waals surface area contributed by atoms with Crippen molar-refractivity contribution < 1.29 is 19.4 Å². The number of rotatable bonds is 8. The Morgan fingerprint density at radius 2 is 1.23 bits per heavy atom. The second kappa shape index (κ2) is 7.14. The third-order valence-corrected chi connectivity index (χ3v) is 5.19. The third-order valence-electron chi connectivity index (χ3n) is 5.19. The van der Waals surface area contributed by atoms with Crippen LogP contribution in [0.4, 0.5) is 0 Å². The first-order valence-electron chi connectivity index (χ1n) is 8.86. The van der Waals surface area contributed by atoms with E-state index in [4.69, 9.17) is 9.78 Å². The lowest BCUT2D eigenvalue weighted by Gasteiger charge is -2.30. The molecule has 3 rings (SSSR count). The van der Waals surface area contributed by atoms with Crippen LogP contribution in [-0.4, -0.2) is 17.9 Å². The summed E-state index contributed by atoms with van der Waals surface area (Å²) < 4.78 is 0. The average molecular weight is 352 g/mol. The quantitative estimate of drug-likeness (QED) is 0.387. The van der Waals surface area contributed by atoms with Gasteiger partial charge in [-0.2, -0.15) is 9.78 Å². The van der Waals surface area contributed by atoms with Crippen molar-refractivity contribution in [1.29, 1.82) is 0 Å². The van der Waals surface area contributed by atoms with Crippen LogP contribution in [0.2, 0.25) is 0 Å². The van der Waals surface area contributed by atoms with E-state index in [1.807, 2.05) is 69.3 Å². The van der Waals surface area contributed by atoms with Gasteiger partial charge >= 0.3 is 0 Å². The smallest absolute Gasteiger partial charge is 0.237 e. The number of Topliss-reactive ketones (excluding diaryl/α,β-unsaturated/α-hetero) is 2. The van der Waals surface area contributed by atoms with Crippen LogP contribution in [0.15, 0.2) is 60.7 Å². The molecule has 4 nitrogen and oxygen atoms in total.